The number of para-hydroxylation sites is 1. The predicted octanol–water partition coefficient (Wildman–Crippen LogP) is 3.31. The lowest BCUT2D eigenvalue weighted by Crippen LogP contribution is -2.16. The minimum absolute atomic E-state index is 0.286. The van der Waals surface area contributed by atoms with Crippen LogP contribution in [0.25, 0.3) is 10.9 Å². The molecule has 3 heteroatoms. The van der Waals surface area contributed by atoms with Crippen LogP contribution in [0.1, 0.15) is 36.6 Å². The van der Waals surface area contributed by atoms with Crippen LogP contribution in [-0.4, -0.2) is 16.1 Å². The Labute approximate surface area is 112 Å². The zero-order valence-electron chi connectivity index (χ0n) is 11.2. The number of hydrogen-bond donors (Lipinski definition) is 2. The maximum absolute atomic E-state index is 10.9. The van der Waals surface area contributed by atoms with Crippen molar-refractivity contribution >= 4 is 16.9 Å². The standard InChI is InChI=1S/C16H19NO2/c1-2-11-4-3-5-12-13-8-10(9-15(18)19)6-7-14(13)17-16(11)12/h3-5,10,17H,2,6-9H2,1H3,(H,18,19). The molecule has 0 saturated heterocycles. The zero-order chi connectivity index (χ0) is 13.4. The Kier molecular flexibility index (Phi) is 3.05. The summed E-state index contributed by atoms with van der Waals surface area (Å²) in [6.07, 6.45) is 4.17. The highest BCUT2D eigenvalue weighted by atomic mass is 16.4. The topological polar surface area (TPSA) is 53.1 Å². The highest BCUT2D eigenvalue weighted by Crippen LogP contribution is 2.34. The van der Waals surface area contributed by atoms with Crippen LogP contribution < -0.4 is 0 Å². The summed E-state index contributed by atoms with van der Waals surface area (Å²) < 4.78 is 0. The molecule has 1 aliphatic rings. The van der Waals surface area contributed by atoms with Crippen LogP contribution in [0.4, 0.5) is 0 Å². The number of hydrogen-bond acceptors (Lipinski definition) is 1. The van der Waals surface area contributed by atoms with Gasteiger partial charge in [0.15, 0.2) is 0 Å². The SMILES string of the molecule is CCc1cccc2c3c([nH]c12)CCC(CC(=O)O)C3. The van der Waals surface area contributed by atoms with Crippen molar-refractivity contribution in [1.82, 2.24) is 4.98 Å². The van der Waals surface area contributed by atoms with Gasteiger partial charge >= 0.3 is 5.97 Å². The Morgan fingerprint density at radius 1 is 1.47 bits per heavy atom. The molecule has 3 nitrogen and oxygen atoms in total. The van der Waals surface area contributed by atoms with Crippen LogP contribution in [0.3, 0.4) is 0 Å². The van der Waals surface area contributed by atoms with Gasteiger partial charge in [-0.1, -0.05) is 25.1 Å². The first-order valence-electron chi connectivity index (χ1n) is 7.02. The fourth-order valence-electron chi connectivity index (χ4n) is 3.29. The minimum Gasteiger partial charge on any atom is -0.481 e. The van der Waals surface area contributed by atoms with Crippen molar-refractivity contribution in [2.45, 2.75) is 39.0 Å². The third-order valence-electron chi connectivity index (χ3n) is 4.26. The molecule has 3 rings (SSSR count). The van der Waals surface area contributed by atoms with Crippen molar-refractivity contribution in [2.75, 3.05) is 0 Å². The number of fused-ring (bicyclic) bond motifs is 3. The molecule has 100 valence electrons. The molecule has 1 aromatic carbocycles. The molecule has 0 fully saturated rings. The van der Waals surface area contributed by atoms with Gasteiger partial charge in [0, 0.05) is 23.0 Å². The fraction of sp³-hybridized carbons (Fsp3) is 0.438. The first-order valence-corrected chi connectivity index (χ1v) is 7.02. The quantitative estimate of drug-likeness (QED) is 0.886. The second-order valence-corrected chi connectivity index (χ2v) is 5.48. The van der Waals surface area contributed by atoms with Gasteiger partial charge in [-0.15, -0.1) is 0 Å². The number of carboxylic acids is 1. The Balaban J connectivity index is 2.02. The molecule has 0 spiro atoms. The molecule has 1 aromatic heterocycles. The van der Waals surface area contributed by atoms with Crippen molar-refractivity contribution in [3.8, 4) is 0 Å². The van der Waals surface area contributed by atoms with Crippen LogP contribution in [0.15, 0.2) is 18.2 Å². The van der Waals surface area contributed by atoms with Crippen LogP contribution in [0.2, 0.25) is 0 Å². The second kappa shape index (κ2) is 4.72. The fourth-order valence-corrected chi connectivity index (χ4v) is 3.29. The van der Waals surface area contributed by atoms with Crippen LogP contribution in [0.5, 0.6) is 0 Å². The Bertz CT molecular complexity index is 627. The molecule has 0 radical (unpaired) electrons. The predicted molar refractivity (Wildman–Crippen MR) is 75.4 cm³/mol. The summed E-state index contributed by atoms with van der Waals surface area (Å²) in [6.45, 7) is 2.17. The van der Waals surface area contributed by atoms with Crippen molar-refractivity contribution in [2.24, 2.45) is 5.92 Å². The van der Waals surface area contributed by atoms with Gasteiger partial charge < -0.3 is 10.1 Å². The van der Waals surface area contributed by atoms with Crippen LogP contribution in [-0.2, 0) is 24.1 Å². The summed E-state index contributed by atoms with van der Waals surface area (Å²) >= 11 is 0. The summed E-state index contributed by atoms with van der Waals surface area (Å²) in [5.41, 5.74) is 5.27. The minimum atomic E-state index is -0.678. The van der Waals surface area contributed by atoms with Gasteiger partial charge in [-0.05, 0) is 42.7 Å². The maximum atomic E-state index is 10.9. The monoisotopic (exact) mass is 257 g/mol. The van der Waals surface area contributed by atoms with E-state index in [-0.39, 0.29) is 5.92 Å². The van der Waals surface area contributed by atoms with E-state index in [4.69, 9.17) is 5.11 Å². The molecular formula is C16H19NO2. The summed E-state index contributed by atoms with van der Waals surface area (Å²) in [6, 6.07) is 6.43. The molecule has 1 unspecified atom stereocenters. The number of rotatable bonds is 3. The van der Waals surface area contributed by atoms with E-state index < -0.39 is 5.97 Å². The average Bonchev–Trinajstić information content (AvgIpc) is 2.76. The van der Waals surface area contributed by atoms with Crippen LogP contribution in [0, 0.1) is 5.92 Å². The first kappa shape index (κ1) is 12.3. The van der Waals surface area contributed by atoms with Gasteiger partial charge in [-0.25, -0.2) is 0 Å². The lowest BCUT2D eigenvalue weighted by Gasteiger charge is -2.20. The Hall–Kier alpha value is -1.77. The van der Waals surface area contributed by atoms with Gasteiger partial charge in [0.1, 0.15) is 0 Å². The van der Waals surface area contributed by atoms with Crippen LogP contribution >= 0.6 is 0 Å². The number of carboxylic acid groups (broad SMARTS) is 1. The Morgan fingerprint density at radius 2 is 2.32 bits per heavy atom. The molecule has 2 aromatic rings. The lowest BCUT2D eigenvalue weighted by molar-refractivity contribution is -0.138. The van der Waals surface area contributed by atoms with Crippen molar-refractivity contribution in [3.63, 3.8) is 0 Å². The van der Waals surface area contributed by atoms with Crippen molar-refractivity contribution in [1.29, 1.82) is 0 Å². The lowest BCUT2D eigenvalue weighted by atomic mass is 9.84. The van der Waals surface area contributed by atoms with E-state index in [1.165, 1.54) is 27.7 Å². The summed E-state index contributed by atoms with van der Waals surface area (Å²) in [4.78, 5) is 14.4. The van der Waals surface area contributed by atoms with Crippen molar-refractivity contribution < 1.29 is 9.90 Å². The zero-order valence-corrected chi connectivity index (χ0v) is 11.2. The van der Waals surface area contributed by atoms with E-state index in [0.29, 0.717) is 6.42 Å². The van der Waals surface area contributed by atoms with Gasteiger partial charge in [0.05, 0.1) is 0 Å². The number of aromatic nitrogens is 1. The molecule has 1 atom stereocenters. The smallest absolute Gasteiger partial charge is 0.303 e. The third-order valence-corrected chi connectivity index (χ3v) is 4.26. The first-order chi connectivity index (χ1) is 9.19. The average molecular weight is 257 g/mol. The maximum Gasteiger partial charge on any atom is 0.303 e. The van der Waals surface area contributed by atoms with Gasteiger partial charge in [0.25, 0.3) is 0 Å². The molecule has 0 aliphatic heterocycles. The van der Waals surface area contributed by atoms with Gasteiger partial charge in [0.2, 0.25) is 0 Å². The largest absolute Gasteiger partial charge is 0.481 e. The Morgan fingerprint density at radius 3 is 3.05 bits per heavy atom. The van der Waals surface area contributed by atoms with Gasteiger partial charge in [-0.3, -0.25) is 4.79 Å². The highest BCUT2D eigenvalue weighted by Gasteiger charge is 2.24. The number of nitrogens with one attached hydrogen (secondary N) is 1. The van der Waals surface area contributed by atoms with Crippen molar-refractivity contribution in [3.05, 3.63) is 35.0 Å². The molecule has 0 bridgehead atoms. The van der Waals surface area contributed by atoms with E-state index in [9.17, 15) is 4.79 Å². The molecular weight excluding hydrogens is 238 g/mol. The van der Waals surface area contributed by atoms with E-state index >= 15 is 0 Å². The molecule has 1 aliphatic carbocycles. The molecule has 0 amide bonds. The third kappa shape index (κ3) is 2.14. The number of benzene rings is 1. The summed E-state index contributed by atoms with van der Waals surface area (Å²) in [7, 11) is 0. The van der Waals surface area contributed by atoms with E-state index in [0.717, 1.165) is 25.7 Å². The number of aromatic amines is 1. The second-order valence-electron chi connectivity index (χ2n) is 5.48. The normalized spacial score (nSPS) is 18.5. The molecule has 19 heavy (non-hydrogen) atoms. The van der Waals surface area contributed by atoms with E-state index in [1.54, 1.807) is 0 Å². The van der Waals surface area contributed by atoms with Gasteiger partial charge in [-0.2, -0.15) is 0 Å². The number of aryl methyl sites for hydroxylation is 2. The number of aliphatic carboxylic acids is 1. The summed E-state index contributed by atoms with van der Waals surface area (Å²) in [5, 5.41) is 10.2. The number of carbonyl (C=O) groups is 1. The molecule has 2 N–H and O–H groups in total. The molecule has 1 heterocycles. The number of H-pyrrole nitrogens is 1. The molecule has 0 saturated carbocycles. The summed E-state index contributed by atoms with van der Waals surface area (Å²) in [5.74, 6) is -0.392. The highest BCUT2D eigenvalue weighted by molar-refractivity contribution is 5.87. The van der Waals surface area contributed by atoms with E-state index in [1.807, 2.05) is 0 Å². The van der Waals surface area contributed by atoms with E-state index in [2.05, 4.69) is 30.1 Å².